The Labute approximate surface area is 154 Å². The molecule has 26 heavy (non-hydrogen) atoms. The number of hydrogen-bond acceptors (Lipinski definition) is 5. The standard InChI is InChI=1S/C20H28N2O4/c1-6-26-22-19(24)17(16-14(3)11-13(2)12-15(16)4)18(23)20(22)7-9-21(25-5)10-8-20/h11-12,23H,6-10H2,1-5H3. The highest BCUT2D eigenvalue weighted by Gasteiger charge is 2.55. The second kappa shape index (κ2) is 7.02. The van der Waals surface area contributed by atoms with Crippen molar-refractivity contribution in [3.8, 4) is 0 Å². The summed E-state index contributed by atoms with van der Waals surface area (Å²) in [6, 6.07) is 4.08. The number of aliphatic hydroxyl groups is 1. The zero-order valence-electron chi connectivity index (χ0n) is 16.3. The highest BCUT2D eigenvalue weighted by Crippen LogP contribution is 2.46. The summed E-state index contributed by atoms with van der Waals surface area (Å²) < 4.78 is 0. The summed E-state index contributed by atoms with van der Waals surface area (Å²) in [5.74, 6) is -0.132. The van der Waals surface area contributed by atoms with Gasteiger partial charge in [0.05, 0.1) is 19.3 Å². The molecule has 6 nitrogen and oxygen atoms in total. The quantitative estimate of drug-likeness (QED) is 0.894. The van der Waals surface area contributed by atoms with Crippen LogP contribution in [0.15, 0.2) is 17.9 Å². The number of carbonyl (C=O) groups is 1. The molecule has 0 radical (unpaired) electrons. The Morgan fingerprint density at radius 3 is 2.23 bits per heavy atom. The molecule has 0 aliphatic carbocycles. The first-order valence-corrected chi connectivity index (χ1v) is 9.14. The van der Waals surface area contributed by atoms with Crippen molar-refractivity contribution in [2.75, 3.05) is 26.8 Å². The van der Waals surface area contributed by atoms with Crippen molar-refractivity contribution in [3.63, 3.8) is 0 Å². The summed E-state index contributed by atoms with van der Waals surface area (Å²) in [7, 11) is 1.64. The number of aryl methyl sites for hydroxylation is 3. The Morgan fingerprint density at radius 1 is 1.15 bits per heavy atom. The second-order valence-corrected chi connectivity index (χ2v) is 7.16. The molecule has 1 fully saturated rings. The lowest BCUT2D eigenvalue weighted by Crippen LogP contribution is -2.54. The molecule has 0 aromatic heterocycles. The van der Waals surface area contributed by atoms with E-state index in [1.165, 1.54) is 5.06 Å². The van der Waals surface area contributed by atoms with Crippen molar-refractivity contribution in [1.29, 1.82) is 0 Å². The predicted molar refractivity (Wildman–Crippen MR) is 99.2 cm³/mol. The molecular formula is C20H28N2O4. The average molecular weight is 360 g/mol. The lowest BCUT2D eigenvalue weighted by molar-refractivity contribution is -0.230. The minimum Gasteiger partial charge on any atom is -0.509 e. The van der Waals surface area contributed by atoms with Gasteiger partial charge in [-0.2, -0.15) is 5.06 Å². The Bertz CT molecular complexity index is 725. The molecule has 1 N–H and O–H groups in total. The van der Waals surface area contributed by atoms with E-state index in [1.807, 2.05) is 44.9 Å². The smallest absolute Gasteiger partial charge is 0.282 e. The number of piperidine rings is 1. The largest absolute Gasteiger partial charge is 0.509 e. The topological polar surface area (TPSA) is 62.2 Å². The van der Waals surface area contributed by atoms with Crippen molar-refractivity contribution in [3.05, 3.63) is 40.1 Å². The van der Waals surface area contributed by atoms with Crippen LogP contribution >= 0.6 is 0 Å². The van der Waals surface area contributed by atoms with E-state index < -0.39 is 5.54 Å². The molecule has 1 amide bonds. The molecular weight excluding hydrogens is 332 g/mol. The highest BCUT2D eigenvalue weighted by atomic mass is 16.7. The van der Waals surface area contributed by atoms with Crippen LogP contribution in [0.25, 0.3) is 5.57 Å². The first kappa shape index (κ1) is 18.9. The molecule has 0 unspecified atom stereocenters. The third kappa shape index (κ3) is 2.82. The molecule has 2 aliphatic heterocycles. The van der Waals surface area contributed by atoms with Crippen LogP contribution in [0.5, 0.6) is 0 Å². The SMILES string of the molecule is CCON1C(=O)C(c2c(C)cc(C)cc2C)=C(O)C12CCN(OC)CC2. The van der Waals surface area contributed by atoms with Gasteiger partial charge in [0.25, 0.3) is 5.91 Å². The van der Waals surface area contributed by atoms with Gasteiger partial charge in [-0.1, -0.05) is 17.7 Å². The molecule has 1 saturated heterocycles. The number of hydrogen-bond donors (Lipinski definition) is 1. The van der Waals surface area contributed by atoms with E-state index in [4.69, 9.17) is 9.68 Å². The Balaban J connectivity index is 2.12. The van der Waals surface area contributed by atoms with E-state index in [9.17, 15) is 9.90 Å². The first-order valence-electron chi connectivity index (χ1n) is 9.14. The van der Waals surface area contributed by atoms with Crippen molar-refractivity contribution >= 4 is 11.5 Å². The third-order valence-corrected chi connectivity index (χ3v) is 5.46. The molecule has 142 valence electrons. The molecule has 0 saturated carbocycles. The predicted octanol–water partition coefficient (Wildman–Crippen LogP) is 3.07. The Hall–Kier alpha value is -1.89. The maximum Gasteiger partial charge on any atom is 0.282 e. The highest BCUT2D eigenvalue weighted by molar-refractivity contribution is 6.23. The summed E-state index contributed by atoms with van der Waals surface area (Å²) in [4.78, 5) is 24.3. The van der Waals surface area contributed by atoms with Crippen LogP contribution in [0.4, 0.5) is 0 Å². The fourth-order valence-corrected chi connectivity index (χ4v) is 4.32. The van der Waals surface area contributed by atoms with Crippen LogP contribution in [0.3, 0.4) is 0 Å². The Kier molecular flexibility index (Phi) is 5.10. The number of rotatable bonds is 4. The average Bonchev–Trinajstić information content (AvgIpc) is 2.78. The second-order valence-electron chi connectivity index (χ2n) is 7.16. The summed E-state index contributed by atoms with van der Waals surface area (Å²) in [6.45, 7) is 9.45. The van der Waals surface area contributed by atoms with Crippen LogP contribution in [0.1, 0.15) is 42.0 Å². The number of amides is 1. The Morgan fingerprint density at radius 2 is 1.73 bits per heavy atom. The van der Waals surface area contributed by atoms with Gasteiger partial charge in [0, 0.05) is 13.1 Å². The van der Waals surface area contributed by atoms with Crippen LogP contribution in [0.2, 0.25) is 0 Å². The lowest BCUT2D eigenvalue weighted by Gasteiger charge is -2.42. The number of carbonyl (C=O) groups excluding carboxylic acids is 1. The zero-order valence-corrected chi connectivity index (χ0v) is 16.3. The van der Waals surface area contributed by atoms with Gasteiger partial charge in [-0.25, -0.2) is 5.06 Å². The molecule has 2 aliphatic rings. The van der Waals surface area contributed by atoms with Gasteiger partial charge in [0.1, 0.15) is 11.3 Å². The molecule has 1 spiro atoms. The van der Waals surface area contributed by atoms with Gasteiger partial charge in [0.15, 0.2) is 0 Å². The van der Waals surface area contributed by atoms with Crippen molar-refractivity contribution in [2.45, 2.75) is 46.1 Å². The van der Waals surface area contributed by atoms with E-state index in [-0.39, 0.29) is 11.7 Å². The monoisotopic (exact) mass is 360 g/mol. The maximum atomic E-state index is 13.3. The third-order valence-electron chi connectivity index (χ3n) is 5.46. The van der Waals surface area contributed by atoms with Gasteiger partial charge in [0.2, 0.25) is 0 Å². The van der Waals surface area contributed by atoms with Crippen LogP contribution in [0, 0.1) is 20.8 Å². The molecule has 2 heterocycles. The summed E-state index contributed by atoms with van der Waals surface area (Å²) in [5.41, 5.74) is 3.48. The zero-order chi connectivity index (χ0) is 19.1. The molecule has 0 bridgehead atoms. The molecule has 0 atom stereocenters. The van der Waals surface area contributed by atoms with Crippen LogP contribution < -0.4 is 0 Å². The van der Waals surface area contributed by atoms with Crippen LogP contribution in [-0.2, 0) is 14.5 Å². The van der Waals surface area contributed by atoms with E-state index in [2.05, 4.69) is 0 Å². The van der Waals surface area contributed by atoms with E-state index in [0.717, 1.165) is 22.3 Å². The molecule has 6 heteroatoms. The van der Waals surface area contributed by atoms with Gasteiger partial charge in [-0.3, -0.25) is 9.63 Å². The maximum absolute atomic E-state index is 13.3. The molecule has 1 aromatic carbocycles. The fourth-order valence-electron chi connectivity index (χ4n) is 4.32. The normalized spacial score (nSPS) is 20.5. The minimum atomic E-state index is -0.818. The minimum absolute atomic E-state index is 0.127. The van der Waals surface area contributed by atoms with Gasteiger partial charge >= 0.3 is 0 Å². The number of hydroxylamine groups is 4. The fraction of sp³-hybridized carbons (Fsp3) is 0.550. The van der Waals surface area contributed by atoms with E-state index in [0.29, 0.717) is 38.1 Å². The van der Waals surface area contributed by atoms with Gasteiger partial charge in [-0.15, -0.1) is 0 Å². The van der Waals surface area contributed by atoms with Gasteiger partial charge in [-0.05, 0) is 57.2 Å². The van der Waals surface area contributed by atoms with Crippen molar-refractivity contribution < 1.29 is 19.6 Å². The first-order chi connectivity index (χ1) is 12.4. The van der Waals surface area contributed by atoms with E-state index in [1.54, 1.807) is 7.11 Å². The summed E-state index contributed by atoms with van der Waals surface area (Å²) in [6.07, 6.45) is 1.12. The summed E-state index contributed by atoms with van der Waals surface area (Å²) in [5, 5.41) is 14.5. The van der Waals surface area contributed by atoms with Crippen molar-refractivity contribution in [1.82, 2.24) is 10.1 Å². The number of benzene rings is 1. The number of aliphatic hydroxyl groups excluding tert-OH is 1. The summed E-state index contributed by atoms with van der Waals surface area (Å²) >= 11 is 0. The lowest BCUT2D eigenvalue weighted by atomic mass is 9.85. The number of nitrogens with zero attached hydrogens (tertiary/aromatic N) is 2. The van der Waals surface area contributed by atoms with Gasteiger partial charge < -0.3 is 9.94 Å². The van der Waals surface area contributed by atoms with Crippen LogP contribution in [-0.4, -0.2) is 53.5 Å². The molecule has 3 rings (SSSR count). The van der Waals surface area contributed by atoms with Crippen molar-refractivity contribution in [2.24, 2.45) is 0 Å². The van der Waals surface area contributed by atoms with E-state index >= 15 is 0 Å². The molecule has 1 aromatic rings.